The molecule has 1 aromatic carbocycles. The molecule has 0 bridgehead atoms. The van der Waals surface area contributed by atoms with E-state index in [2.05, 4.69) is 15.1 Å². The number of hydrogen-bond donors (Lipinski definition) is 0. The average molecular weight is 283 g/mol. The van der Waals surface area contributed by atoms with Crippen molar-refractivity contribution < 1.29 is 4.79 Å². The number of rotatable bonds is 1. The number of fused-ring (bicyclic) bond motifs is 3. The van der Waals surface area contributed by atoms with Crippen LogP contribution in [0.2, 0.25) is 5.02 Å². The second-order valence-electron chi connectivity index (χ2n) is 4.40. The topological polar surface area (TPSA) is 60.7 Å². The minimum Gasteiger partial charge on any atom is -0.287 e. The SMILES string of the molecule is O=C1c2cc(Cl)ccc2-c2cnc(-n3cccn3)nc21. The van der Waals surface area contributed by atoms with Crippen LogP contribution in [0.1, 0.15) is 16.1 Å². The summed E-state index contributed by atoms with van der Waals surface area (Å²) in [5, 5.41) is 4.59. The van der Waals surface area contributed by atoms with Crippen LogP contribution < -0.4 is 0 Å². The van der Waals surface area contributed by atoms with Crippen LogP contribution in [0.15, 0.2) is 42.9 Å². The fraction of sp³-hybridized carbons (Fsp3) is 0. The molecule has 0 unspecified atom stereocenters. The maximum atomic E-state index is 12.4. The van der Waals surface area contributed by atoms with Gasteiger partial charge in [0.25, 0.3) is 5.95 Å². The molecule has 0 spiro atoms. The van der Waals surface area contributed by atoms with Gasteiger partial charge in [-0.2, -0.15) is 5.10 Å². The predicted octanol–water partition coefficient (Wildman–Crippen LogP) is 2.53. The second-order valence-corrected chi connectivity index (χ2v) is 4.84. The zero-order chi connectivity index (χ0) is 13.7. The van der Waals surface area contributed by atoms with Crippen LogP contribution in [0.25, 0.3) is 17.1 Å². The highest BCUT2D eigenvalue weighted by molar-refractivity contribution is 6.32. The largest absolute Gasteiger partial charge is 0.287 e. The maximum Gasteiger partial charge on any atom is 0.251 e. The third kappa shape index (κ3) is 1.50. The van der Waals surface area contributed by atoms with E-state index in [0.717, 1.165) is 11.1 Å². The van der Waals surface area contributed by atoms with Crippen LogP contribution in [-0.2, 0) is 0 Å². The highest BCUT2D eigenvalue weighted by Crippen LogP contribution is 2.36. The molecule has 20 heavy (non-hydrogen) atoms. The first kappa shape index (κ1) is 11.3. The summed E-state index contributed by atoms with van der Waals surface area (Å²) in [6.07, 6.45) is 5.01. The number of hydrogen-bond acceptors (Lipinski definition) is 4. The number of aromatic nitrogens is 4. The van der Waals surface area contributed by atoms with Crippen LogP contribution in [0.5, 0.6) is 0 Å². The molecule has 1 aliphatic carbocycles. The molecule has 2 heterocycles. The third-order valence-corrected chi connectivity index (χ3v) is 3.45. The summed E-state index contributed by atoms with van der Waals surface area (Å²) in [4.78, 5) is 21.0. The van der Waals surface area contributed by atoms with E-state index in [0.29, 0.717) is 22.2 Å². The molecule has 0 saturated heterocycles. The average Bonchev–Trinajstić information content (AvgIpc) is 3.07. The number of carbonyl (C=O) groups excluding carboxylic acids is 1. The van der Waals surface area contributed by atoms with Crippen molar-refractivity contribution >= 4 is 17.4 Å². The minimum atomic E-state index is -0.131. The van der Waals surface area contributed by atoms with E-state index in [4.69, 9.17) is 11.6 Å². The Morgan fingerprint density at radius 3 is 2.85 bits per heavy atom. The van der Waals surface area contributed by atoms with Crippen LogP contribution >= 0.6 is 11.6 Å². The van der Waals surface area contributed by atoms with Crippen molar-refractivity contribution in [2.24, 2.45) is 0 Å². The molecule has 3 aromatic rings. The van der Waals surface area contributed by atoms with Gasteiger partial charge in [0.1, 0.15) is 5.69 Å². The normalized spacial score (nSPS) is 12.3. The van der Waals surface area contributed by atoms with Gasteiger partial charge in [-0.05, 0) is 23.8 Å². The van der Waals surface area contributed by atoms with Gasteiger partial charge in [-0.3, -0.25) is 4.79 Å². The van der Waals surface area contributed by atoms with Gasteiger partial charge in [0.2, 0.25) is 5.78 Å². The molecule has 5 nitrogen and oxygen atoms in total. The van der Waals surface area contributed by atoms with E-state index < -0.39 is 0 Å². The molecule has 0 saturated carbocycles. The lowest BCUT2D eigenvalue weighted by Gasteiger charge is -2.02. The van der Waals surface area contributed by atoms with E-state index in [1.807, 2.05) is 6.07 Å². The lowest BCUT2D eigenvalue weighted by Crippen LogP contribution is -2.06. The predicted molar refractivity (Wildman–Crippen MR) is 73.0 cm³/mol. The Bertz CT molecular complexity index is 842. The number of nitrogens with zero attached hydrogens (tertiary/aromatic N) is 4. The van der Waals surface area contributed by atoms with Gasteiger partial charge in [-0.1, -0.05) is 17.7 Å². The molecule has 2 aromatic heterocycles. The first-order valence-electron chi connectivity index (χ1n) is 5.96. The molecule has 0 N–H and O–H groups in total. The van der Waals surface area contributed by atoms with Gasteiger partial charge < -0.3 is 0 Å². The van der Waals surface area contributed by atoms with Crippen molar-refractivity contribution in [3.05, 3.63) is 59.1 Å². The molecule has 6 heteroatoms. The van der Waals surface area contributed by atoms with Crippen molar-refractivity contribution in [3.63, 3.8) is 0 Å². The number of carbonyl (C=O) groups is 1. The Kier molecular flexibility index (Phi) is 2.25. The van der Waals surface area contributed by atoms with Crippen molar-refractivity contribution in [3.8, 4) is 17.1 Å². The fourth-order valence-corrected chi connectivity index (χ4v) is 2.48. The van der Waals surface area contributed by atoms with Crippen LogP contribution in [0.4, 0.5) is 0 Å². The highest BCUT2D eigenvalue weighted by atomic mass is 35.5. The number of ketones is 1. The van der Waals surface area contributed by atoms with Gasteiger partial charge in [-0.15, -0.1) is 0 Å². The lowest BCUT2D eigenvalue weighted by atomic mass is 10.1. The smallest absolute Gasteiger partial charge is 0.251 e. The molecule has 96 valence electrons. The summed E-state index contributed by atoms with van der Waals surface area (Å²) in [6, 6.07) is 7.00. The molecule has 0 amide bonds. The van der Waals surface area contributed by atoms with Crippen LogP contribution in [-0.4, -0.2) is 25.5 Å². The number of halogens is 1. The molecule has 1 aliphatic rings. The van der Waals surface area contributed by atoms with E-state index in [1.165, 1.54) is 4.68 Å². The summed E-state index contributed by atoms with van der Waals surface area (Å²) >= 11 is 5.94. The molecule has 0 atom stereocenters. The molecular formula is C14H7ClN4O. The zero-order valence-corrected chi connectivity index (χ0v) is 10.9. The molecule has 4 rings (SSSR count). The second kappa shape index (κ2) is 3.98. The van der Waals surface area contributed by atoms with E-state index in [9.17, 15) is 4.79 Å². The quantitative estimate of drug-likeness (QED) is 0.538. The molecule has 0 fully saturated rings. The van der Waals surface area contributed by atoms with Gasteiger partial charge in [-0.25, -0.2) is 14.6 Å². The van der Waals surface area contributed by atoms with E-state index >= 15 is 0 Å². The first-order valence-corrected chi connectivity index (χ1v) is 6.33. The third-order valence-electron chi connectivity index (χ3n) is 3.22. The minimum absolute atomic E-state index is 0.131. The first-order chi connectivity index (χ1) is 9.74. The summed E-state index contributed by atoms with van der Waals surface area (Å²) in [5.74, 6) is 0.245. The summed E-state index contributed by atoms with van der Waals surface area (Å²) < 4.78 is 1.52. The zero-order valence-electron chi connectivity index (χ0n) is 10.1. The summed E-state index contributed by atoms with van der Waals surface area (Å²) in [6.45, 7) is 0. The highest BCUT2D eigenvalue weighted by Gasteiger charge is 2.29. The molecule has 0 aliphatic heterocycles. The van der Waals surface area contributed by atoms with Gasteiger partial charge in [0.05, 0.1) is 0 Å². The molecule has 0 radical (unpaired) electrons. The Labute approximate surface area is 118 Å². The van der Waals surface area contributed by atoms with Crippen LogP contribution in [0, 0.1) is 0 Å². The monoisotopic (exact) mass is 282 g/mol. The van der Waals surface area contributed by atoms with Crippen molar-refractivity contribution in [2.45, 2.75) is 0 Å². The standard InChI is InChI=1S/C14H7ClN4O/c15-8-2-3-9-10(6-8)13(20)12-11(9)7-16-14(18-12)19-5-1-4-17-19/h1-7H. The van der Waals surface area contributed by atoms with Gasteiger partial charge in [0.15, 0.2) is 0 Å². The fourth-order valence-electron chi connectivity index (χ4n) is 2.31. The van der Waals surface area contributed by atoms with Crippen molar-refractivity contribution in [1.82, 2.24) is 19.7 Å². The van der Waals surface area contributed by atoms with E-state index in [1.54, 1.807) is 36.8 Å². The Morgan fingerprint density at radius 1 is 1.15 bits per heavy atom. The van der Waals surface area contributed by atoms with Crippen LogP contribution in [0.3, 0.4) is 0 Å². The number of benzene rings is 1. The Morgan fingerprint density at radius 2 is 2.05 bits per heavy atom. The maximum absolute atomic E-state index is 12.4. The Hall–Kier alpha value is -2.53. The summed E-state index contributed by atoms with van der Waals surface area (Å²) in [5.41, 5.74) is 2.51. The van der Waals surface area contributed by atoms with Gasteiger partial charge in [0, 0.05) is 34.7 Å². The summed E-state index contributed by atoms with van der Waals surface area (Å²) in [7, 11) is 0. The van der Waals surface area contributed by atoms with Crippen molar-refractivity contribution in [1.29, 1.82) is 0 Å². The lowest BCUT2D eigenvalue weighted by molar-refractivity contribution is 0.103. The van der Waals surface area contributed by atoms with E-state index in [-0.39, 0.29) is 5.78 Å². The molecular weight excluding hydrogens is 276 g/mol. The Balaban J connectivity index is 1.92. The van der Waals surface area contributed by atoms with Gasteiger partial charge >= 0.3 is 0 Å². The van der Waals surface area contributed by atoms with Crippen molar-refractivity contribution in [2.75, 3.05) is 0 Å².